The molecule has 100 valence electrons. The van der Waals surface area contributed by atoms with E-state index < -0.39 is 0 Å². The zero-order valence-corrected chi connectivity index (χ0v) is 11.4. The first kappa shape index (κ1) is 14.6. The quantitative estimate of drug-likeness (QED) is 0.697. The van der Waals surface area contributed by atoms with Crippen molar-refractivity contribution in [1.29, 1.82) is 0 Å². The van der Waals surface area contributed by atoms with Crippen LogP contribution in [-0.2, 0) is 16.0 Å². The second-order valence-corrected chi connectivity index (χ2v) is 4.40. The Morgan fingerprint density at radius 3 is 2.33 bits per heavy atom. The highest BCUT2D eigenvalue weighted by Gasteiger charge is 2.17. The molecule has 0 fully saturated rings. The average Bonchev–Trinajstić information content (AvgIpc) is 2.43. The average molecular weight is 250 g/mol. The summed E-state index contributed by atoms with van der Waals surface area (Å²) in [7, 11) is 3.11. The second-order valence-electron chi connectivity index (χ2n) is 4.40. The second kappa shape index (κ2) is 7.75. The predicted octanol–water partition coefficient (Wildman–Crippen LogP) is 3.22. The summed E-state index contributed by atoms with van der Waals surface area (Å²) in [6, 6.07) is 7.98. The van der Waals surface area contributed by atoms with E-state index in [9.17, 15) is 4.79 Å². The number of benzene rings is 1. The van der Waals surface area contributed by atoms with Gasteiger partial charge in [0.15, 0.2) is 0 Å². The third-order valence-corrected chi connectivity index (χ3v) is 3.11. The van der Waals surface area contributed by atoms with E-state index >= 15 is 0 Å². The lowest BCUT2D eigenvalue weighted by Crippen LogP contribution is -2.16. The standard InChI is InChI=1S/C15H22O3/c1-4-5-13(15(16)18-3)9-6-12-7-10-14(17-2)11-8-12/h7-8,10-11,13H,4-6,9H2,1-3H3. The fourth-order valence-electron chi connectivity index (χ4n) is 2.03. The third kappa shape index (κ3) is 4.40. The molecule has 0 aromatic heterocycles. The Balaban J connectivity index is 2.52. The summed E-state index contributed by atoms with van der Waals surface area (Å²) in [5, 5.41) is 0. The number of hydrogen-bond donors (Lipinski definition) is 0. The van der Waals surface area contributed by atoms with E-state index in [1.165, 1.54) is 12.7 Å². The Morgan fingerprint density at radius 1 is 1.17 bits per heavy atom. The van der Waals surface area contributed by atoms with E-state index in [4.69, 9.17) is 9.47 Å². The van der Waals surface area contributed by atoms with E-state index in [0.29, 0.717) is 0 Å². The van der Waals surface area contributed by atoms with Gasteiger partial charge in [0.2, 0.25) is 0 Å². The van der Waals surface area contributed by atoms with Crippen LogP contribution in [0.4, 0.5) is 0 Å². The molecule has 1 rings (SSSR count). The van der Waals surface area contributed by atoms with Gasteiger partial charge in [-0.1, -0.05) is 25.5 Å². The molecule has 0 bridgehead atoms. The van der Waals surface area contributed by atoms with E-state index in [1.807, 2.05) is 24.3 Å². The number of ether oxygens (including phenoxy) is 2. The Bertz CT molecular complexity index is 357. The molecule has 3 nitrogen and oxygen atoms in total. The number of aryl methyl sites for hydroxylation is 1. The smallest absolute Gasteiger partial charge is 0.308 e. The molecule has 0 saturated heterocycles. The van der Waals surface area contributed by atoms with E-state index in [-0.39, 0.29) is 11.9 Å². The Morgan fingerprint density at radius 2 is 1.83 bits per heavy atom. The molecule has 0 aliphatic rings. The molecule has 0 heterocycles. The number of hydrogen-bond acceptors (Lipinski definition) is 3. The van der Waals surface area contributed by atoms with Gasteiger partial charge < -0.3 is 9.47 Å². The molecule has 1 aromatic carbocycles. The van der Waals surface area contributed by atoms with Crippen LogP contribution in [0.2, 0.25) is 0 Å². The number of carbonyl (C=O) groups is 1. The van der Waals surface area contributed by atoms with Crippen LogP contribution >= 0.6 is 0 Å². The highest BCUT2D eigenvalue weighted by Crippen LogP contribution is 2.18. The van der Waals surface area contributed by atoms with Crippen LogP contribution in [0.15, 0.2) is 24.3 Å². The zero-order valence-electron chi connectivity index (χ0n) is 11.4. The SMILES string of the molecule is CCCC(CCc1ccc(OC)cc1)C(=O)OC. The van der Waals surface area contributed by atoms with Gasteiger partial charge in [-0.05, 0) is 37.0 Å². The topological polar surface area (TPSA) is 35.5 Å². The van der Waals surface area contributed by atoms with Gasteiger partial charge in [-0.25, -0.2) is 0 Å². The Labute approximate surface area is 109 Å². The van der Waals surface area contributed by atoms with Crippen LogP contribution in [0, 0.1) is 5.92 Å². The van der Waals surface area contributed by atoms with Gasteiger partial charge >= 0.3 is 5.97 Å². The summed E-state index contributed by atoms with van der Waals surface area (Å²) < 4.78 is 9.95. The molecule has 3 heteroatoms. The van der Waals surface area contributed by atoms with Crippen molar-refractivity contribution in [3.63, 3.8) is 0 Å². The summed E-state index contributed by atoms with van der Waals surface area (Å²) in [5.41, 5.74) is 1.22. The number of esters is 1. The van der Waals surface area contributed by atoms with Crippen LogP contribution in [0.5, 0.6) is 5.75 Å². The first-order valence-corrected chi connectivity index (χ1v) is 6.42. The third-order valence-electron chi connectivity index (χ3n) is 3.11. The van der Waals surface area contributed by atoms with Crippen LogP contribution < -0.4 is 4.74 Å². The Hall–Kier alpha value is -1.51. The fourth-order valence-corrected chi connectivity index (χ4v) is 2.03. The first-order valence-electron chi connectivity index (χ1n) is 6.42. The minimum atomic E-state index is -0.0923. The molecule has 18 heavy (non-hydrogen) atoms. The highest BCUT2D eigenvalue weighted by atomic mass is 16.5. The van der Waals surface area contributed by atoms with Crippen LogP contribution in [0.1, 0.15) is 31.7 Å². The van der Waals surface area contributed by atoms with Gasteiger partial charge in [0.25, 0.3) is 0 Å². The van der Waals surface area contributed by atoms with Gasteiger partial charge in [0, 0.05) is 0 Å². The van der Waals surface area contributed by atoms with Gasteiger partial charge in [-0.15, -0.1) is 0 Å². The normalized spacial score (nSPS) is 11.9. The maximum Gasteiger partial charge on any atom is 0.308 e. The molecule has 0 spiro atoms. The molecular weight excluding hydrogens is 228 g/mol. The summed E-state index contributed by atoms with van der Waals surface area (Å²) in [6.07, 6.45) is 3.63. The van der Waals surface area contributed by atoms with Crippen molar-refractivity contribution in [2.24, 2.45) is 5.92 Å². The van der Waals surface area contributed by atoms with E-state index in [2.05, 4.69) is 6.92 Å². The zero-order chi connectivity index (χ0) is 13.4. The minimum absolute atomic E-state index is 0.0158. The molecule has 0 radical (unpaired) electrons. The summed E-state index contributed by atoms with van der Waals surface area (Å²) in [5.74, 6) is 0.782. The number of rotatable bonds is 7. The molecule has 0 saturated carbocycles. The van der Waals surface area contributed by atoms with Gasteiger partial charge in [-0.2, -0.15) is 0 Å². The van der Waals surface area contributed by atoms with E-state index in [1.54, 1.807) is 7.11 Å². The van der Waals surface area contributed by atoms with Crippen molar-refractivity contribution in [3.05, 3.63) is 29.8 Å². The number of carbonyl (C=O) groups excluding carboxylic acids is 1. The maximum absolute atomic E-state index is 11.6. The van der Waals surface area contributed by atoms with Crippen molar-refractivity contribution in [3.8, 4) is 5.75 Å². The van der Waals surface area contributed by atoms with Crippen molar-refractivity contribution in [1.82, 2.24) is 0 Å². The lowest BCUT2D eigenvalue weighted by Gasteiger charge is -2.13. The van der Waals surface area contributed by atoms with Crippen molar-refractivity contribution in [2.45, 2.75) is 32.6 Å². The molecule has 0 aliphatic carbocycles. The summed E-state index contributed by atoms with van der Waals surface area (Å²) in [6.45, 7) is 2.09. The lowest BCUT2D eigenvalue weighted by atomic mass is 9.95. The monoisotopic (exact) mass is 250 g/mol. The van der Waals surface area contributed by atoms with Crippen molar-refractivity contribution >= 4 is 5.97 Å². The molecule has 1 unspecified atom stereocenters. The molecule has 0 aliphatic heterocycles. The fraction of sp³-hybridized carbons (Fsp3) is 0.533. The molecular formula is C15H22O3. The number of methoxy groups -OCH3 is 2. The van der Waals surface area contributed by atoms with E-state index in [0.717, 1.165) is 31.4 Å². The molecule has 0 N–H and O–H groups in total. The highest BCUT2D eigenvalue weighted by molar-refractivity contribution is 5.72. The van der Waals surface area contributed by atoms with Crippen molar-refractivity contribution in [2.75, 3.05) is 14.2 Å². The first-order chi connectivity index (χ1) is 8.71. The lowest BCUT2D eigenvalue weighted by molar-refractivity contribution is -0.145. The minimum Gasteiger partial charge on any atom is -0.497 e. The van der Waals surface area contributed by atoms with Gasteiger partial charge in [0.1, 0.15) is 5.75 Å². The summed E-state index contributed by atoms with van der Waals surface area (Å²) >= 11 is 0. The van der Waals surface area contributed by atoms with Gasteiger partial charge in [0.05, 0.1) is 20.1 Å². The van der Waals surface area contributed by atoms with Crippen LogP contribution in [-0.4, -0.2) is 20.2 Å². The maximum atomic E-state index is 11.6. The molecule has 1 atom stereocenters. The van der Waals surface area contributed by atoms with Crippen LogP contribution in [0.25, 0.3) is 0 Å². The largest absolute Gasteiger partial charge is 0.497 e. The summed E-state index contributed by atoms with van der Waals surface area (Å²) in [4.78, 5) is 11.6. The molecule has 0 amide bonds. The predicted molar refractivity (Wildman–Crippen MR) is 71.7 cm³/mol. The van der Waals surface area contributed by atoms with Gasteiger partial charge in [-0.3, -0.25) is 4.79 Å². The van der Waals surface area contributed by atoms with Crippen molar-refractivity contribution < 1.29 is 14.3 Å². The van der Waals surface area contributed by atoms with Crippen LogP contribution in [0.3, 0.4) is 0 Å². The Kier molecular flexibility index (Phi) is 6.26. The molecule has 1 aromatic rings.